The number of amides is 1. The summed E-state index contributed by atoms with van der Waals surface area (Å²) >= 11 is 11.8. The van der Waals surface area contributed by atoms with E-state index in [4.69, 9.17) is 23.2 Å². The molecule has 1 atom stereocenters. The molecule has 1 aromatic heterocycles. The monoisotopic (exact) mass is 301 g/mol. The molecule has 4 nitrogen and oxygen atoms in total. The van der Waals surface area contributed by atoms with E-state index in [0.717, 1.165) is 24.9 Å². The second-order valence-corrected chi connectivity index (χ2v) is 5.76. The van der Waals surface area contributed by atoms with Gasteiger partial charge in [0.1, 0.15) is 10.3 Å². The molecule has 0 aromatic carbocycles. The van der Waals surface area contributed by atoms with Crippen LogP contribution in [0.2, 0.25) is 10.3 Å². The van der Waals surface area contributed by atoms with E-state index in [1.54, 1.807) is 31.1 Å². The zero-order chi connectivity index (χ0) is 14.0. The third-order valence-corrected chi connectivity index (χ3v) is 3.69. The van der Waals surface area contributed by atoms with Crippen molar-refractivity contribution in [2.45, 2.75) is 25.4 Å². The van der Waals surface area contributed by atoms with E-state index in [0.29, 0.717) is 16.9 Å². The number of rotatable bonds is 3. The molecule has 1 aliphatic heterocycles. The van der Waals surface area contributed by atoms with Crippen molar-refractivity contribution >= 4 is 29.1 Å². The van der Waals surface area contributed by atoms with Gasteiger partial charge in [0.05, 0.1) is 6.04 Å². The third-order valence-electron chi connectivity index (χ3n) is 3.30. The fourth-order valence-electron chi connectivity index (χ4n) is 2.43. The molecule has 1 amide bonds. The van der Waals surface area contributed by atoms with Crippen molar-refractivity contribution < 1.29 is 4.79 Å². The van der Waals surface area contributed by atoms with E-state index in [2.05, 4.69) is 9.88 Å². The van der Waals surface area contributed by atoms with Crippen LogP contribution in [0.3, 0.4) is 0 Å². The smallest absolute Gasteiger partial charge is 0.239 e. The van der Waals surface area contributed by atoms with Gasteiger partial charge >= 0.3 is 0 Å². The van der Waals surface area contributed by atoms with Crippen molar-refractivity contribution in [2.75, 3.05) is 20.6 Å². The lowest BCUT2D eigenvalue weighted by Crippen LogP contribution is -2.42. The summed E-state index contributed by atoms with van der Waals surface area (Å²) in [5.41, 5.74) is 0.989. The Hall–Kier alpha value is -0.840. The van der Waals surface area contributed by atoms with Gasteiger partial charge < -0.3 is 4.90 Å². The van der Waals surface area contributed by atoms with Crippen LogP contribution in [-0.2, 0) is 11.3 Å². The predicted octanol–water partition coefficient (Wildman–Crippen LogP) is 2.44. The molecular formula is C13H17Cl2N3O. The highest BCUT2D eigenvalue weighted by atomic mass is 35.5. The summed E-state index contributed by atoms with van der Waals surface area (Å²) in [5.74, 6) is 0.156. The highest BCUT2D eigenvalue weighted by molar-refractivity contribution is 6.32. The molecule has 6 heteroatoms. The summed E-state index contributed by atoms with van der Waals surface area (Å²) < 4.78 is 0. The molecule has 0 spiro atoms. The summed E-state index contributed by atoms with van der Waals surface area (Å²) in [6, 6.07) is 3.55. The third kappa shape index (κ3) is 3.59. The van der Waals surface area contributed by atoms with E-state index >= 15 is 0 Å². The molecule has 0 N–H and O–H groups in total. The minimum Gasteiger partial charge on any atom is -0.347 e. The Morgan fingerprint density at radius 1 is 1.42 bits per heavy atom. The van der Waals surface area contributed by atoms with Gasteiger partial charge in [-0.3, -0.25) is 9.69 Å². The van der Waals surface area contributed by atoms with Crippen molar-refractivity contribution in [1.82, 2.24) is 14.8 Å². The number of carbonyl (C=O) groups is 1. The second kappa shape index (κ2) is 6.07. The van der Waals surface area contributed by atoms with Crippen LogP contribution in [0, 0.1) is 0 Å². The molecule has 104 valence electrons. The summed E-state index contributed by atoms with van der Waals surface area (Å²) in [4.78, 5) is 19.8. The van der Waals surface area contributed by atoms with Gasteiger partial charge in [-0.25, -0.2) is 4.98 Å². The number of hydrogen-bond donors (Lipinski definition) is 0. The molecule has 1 aliphatic rings. The SMILES string of the molecule is CN(C)C(=O)[C@@H]1CCCN1Cc1cc(Cl)nc(Cl)c1. The highest BCUT2D eigenvalue weighted by Crippen LogP contribution is 2.23. The molecule has 2 heterocycles. The average Bonchev–Trinajstić information content (AvgIpc) is 2.74. The van der Waals surface area contributed by atoms with E-state index in [9.17, 15) is 4.79 Å². The van der Waals surface area contributed by atoms with Gasteiger partial charge in [-0.05, 0) is 37.1 Å². The number of nitrogens with zero attached hydrogens (tertiary/aromatic N) is 3. The lowest BCUT2D eigenvalue weighted by molar-refractivity contribution is -0.133. The summed E-state index contributed by atoms with van der Waals surface area (Å²) in [5, 5.41) is 0.773. The molecule has 1 aromatic rings. The number of hydrogen-bond acceptors (Lipinski definition) is 3. The molecular weight excluding hydrogens is 285 g/mol. The number of pyridine rings is 1. The first kappa shape index (κ1) is 14.6. The van der Waals surface area contributed by atoms with Crippen LogP contribution in [0.1, 0.15) is 18.4 Å². The number of likely N-dealkylation sites (N-methyl/N-ethyl adjacent to an activating group) is 1. The van der Waals surface area contributed by atoms with Crippen molar-refractivity contribution in [2.24, 2.45) is 0 Å². The number of aromatic nitrogens is 1. The van der Waals surface area contributed by atoms with Crippen LogP contribution in [0.25, 0.3) is 0 Å². The second-order valence-electron chi connectivity index (χ2n) is 4.98. The van der Waals surface area contributed by atoms with Crippen LogP contribution in [0.4, 0.5) is 0 Å². The maximum atomic E-state index is 12.1. The van der Waals surface area contributed by atoms with Crippen LogP contribution >= 0.6 is 23.2 Å². The largest absolute Gasteiger partial charge is 0.347 e. The van der Waals surface area contributed by atoms with Gasteiger partial charge in [-0.15, -0.1) is 0 Å². The van der Waals surface area contributed by atoms with E-state index in [1.807, 2.05) is 0 Å². The summed E-state index contributed by atoms with van der Waals surface area (Å²) in [6.07, 6.45) is 1.94. The Kier molecular flexibility index (Phi) is 4.66. The van der Waals surface area contributed by atoms with Crippen molar-refractivity contribution in [3.63, 3.8) is 0 Å². The van der Waals surface area contributed by atoms with Gasteiger partial charge in [0.25, 0.3) is 0 Å². The van der Waals surface area contributed by atoms with Gasteiger partial charge in [-0.2, -0.15) is 0 Å². The highest BCUT2D eigenvalue weighted by Gasteiger charge is 2.31. The standard InChI is InChI=1S/C13H17Cl2N3O/c1-17(2)13(19)10-4-3-5-18(10)8-9-6-11(14)16-12(15)7-9/h6-7,10H,3-5,8H2,1-2H3/t10-/m0/s1. The Labute approximate surface area is 123 Å². The first-order chi connectivity index (χ1) is 8.97. The Morgan fingerprint density at radius 2 is 2.05 bits per heavy atom. The van der Waals surface area contributed by atoms with Crippen molar-refractivity contribution in [3.8, 4) is 0 Å². The average molecular weight is 302 g/mol. The number of likely N-dealkylation sites (tertiary alicyclic amines) is 1. The first-order valence-electron chi connectivity index (χ1n) is 6.24. The molecule has 0 saturated carbocycles. The quantitative estimate of drug-likeness (QED) is 0.805. The van der Waals surface area contributed by atoms with Crippen LogP contribution < -0.4 is 0 Å². The van der Waals surface area contributed by atoms with Gasteiger partial charge in [0, 0.05) is 20.6 Å². The molecule has 1 fully saturated rings. The van der Waals surface area contributed by atoms with Crippen molar-refractivity contribution in [3.05, 3.63) is 28.0 Å². The summed E-state index contributed by atoms with van der Waals surface area (Å²) in [7, 11) is 3.58. The molecule has 19 heavy (non-hydrogen) atoms. The topological polar surface area (TPSA) is 36.4 Å². The Balaban J connectivity index is 2.11. The number of carbonyl (C=O) groups excluding carboxylic acids is 1. The Morgan fingerprint density at radius 3 is 2.63 bits per heavy atom. The van der Waals surface area contributed by atoms with E-state index < -0.39 is 0 Å². The molecule has 2 rings (SSSR count). The van der Waals surface area contributed by atoms with E-state index in [1.165, 1.54) is 0 Å². The lowest BCUT2D eigenvalue weighted by Gasteiger charge is -2.26. The predicted molar refractivity (Wildman–Crippen MR) is 76.4 cm³/mol. The van der Waals surface area contributed by atoms with Gasteiger partial charge in [-0.1, -0.05) is 23.2 Å². The molecule has 1 saturated heterocycles. The van der Waals surface area contributed by atoms with Gasteiger partial charge in [0.15, 0.2) is 0 Å². The van der Waals surface area contributed by atoms with Crippen LogP contribution in [0.5, 0.6) is 0 Å². The lowest BCUT2D eigenvalue weighted by atomic mass is 10.2. The maximum Gasteiger partial charge on any atom is 0.239 e. The van der Waals surface area contributed by atoms with E-state index in [-0.39, 0.29) is 11.9 Å². The number of halogens is 2. The maximum absolute atomic E-state index is 12.1. The zero-order valence-corrected chi connectivity index (χ0v) is 12.6. The van der Waals surface area contributed by atoms with Crippen LogP contribution in [0.15, 0.2) is 12.1 Å². The van der Waals surface area contributed by atoms with Gasteiger partial charge in [0.2, 0.25) is 5.91 Å². The molecule has 0 unspecified atom stereocenters. The minimum atomic E-state index is -0.0410. The fourth-order valence-corrected chi connectivity index (χ4v) is 2.94. The molecule has 0 aliphatic carbocycles. The normalized spacial score (nSPS) is 19.7. The fraction of sp³-hybridized carbons (Fsp3) is 0.538. The first-order valence-corrected chi connectivity index (χ1v) is 7.00. The minimum absolute atomic E-state index is 0.0410. The molecule has 0 bridgehead atoms. The molecule has 0 radical (unpaired) electrons. The Bertz CT molecular complexity index is 459. The summed E-state index contributed by atoms with van der Waals surface area (Å²) in [6.45, 7) is 1.59. The van der Waals surface area contributed by atoms with Crippen molar-refractivity contribution in [1.29, 1.82) is 0 Å². The van der Waals surface area contributed by atoms with Crippen LogP contribution in [-0.4, -0.2) is 47.4 Å². The zero-order valence-electron chi connectivity index (χ0n) is 11.1.